The molecule has 0 bridgehead atoms. The standard InChI is InChI=1S/C16H20N4/c17-19-16(15-12-7-4-8-13(12)15)14-9-10-18-20(14)11-5-2-1-3-6-11/h1-3,5-6,9-10,12-13,15-16,19H,4,7-8,17H2. The number of para-hydroxylation sites is 1. The van der Waals surface area contributed by atoms with Crippen molar-refractivity contribution in [3.63, 3.8) is 0 Å². The van der Waals surface area contributed by atoms with Gasteiger partial charge in [0.05, 0.1) is 17.4 Å². The fourth-order valence-electron chi connectivity index (χ4n) is 4.10. The zero-order valence-electron chi connectivity index (χ0n) is 11.4. The first-order valence-corrected chi connectivity index (χ1v) is 7.45. The maximum Gasteiger partial charge on any atom is 0.0667 e. The number of aromatic nitrogens is 2. The van der Waals surface area contributed by atoms with Crippen LogP contribution < -0.4 is 11.3 Å². The lowest BCUT2D eigenvalue weighted by Gasteiger charge is -2.19. The lowest BCUT2D eigenvalue weighted by Crippen LogP contribution is -2.32. The first-order valence-electron chi connectivity index (χ1n) is 7.45. The van der Waals surface area contributed by atoms with Gasteiger partial charge in [-0.2, -0.15) is 5.10 Å². The van der Waals surface area contributed by atoms with E-state index in [1.807, 2.05) is 29.1 Å². The highest BCUT2D eigenvalue weighted by Gasteiger charge is 2.56. The maximum atomic E-state index is 5.86. The van der Waals surface area contributed by atoms with Gasteiger partial charge in [-0.3, -0.25) is 11.3 Å². The third-order valence-corrected chi connectivity index (χ3v) is 5.03. The van der Waals surface area contributed by atoms with Crippen LogP contribution in [0.15, 0.2) is 42.6 Å². The molecule has 0 radical (unpaired) electrons. The van der Waals surface area contributed by atoms with Crippen LogP contribution in [0.4, 0.5) is 0 Å². The summed E-state index contributed by atoms with van der Waals surface area (Å²) in [7, 11) is 0. The monoisotopic (exact) mass is 268 g/mol. The Morgan fingerprint density at radius 1 is 1.15 bits per heavy atom. The minimum Gasteiger partial charge on any atom is -0.271 e. The molecule has 0 saturated heterocycles. The minimum atomic E-state index is 0.216. The molecule has 0 amide bonds. The smallest absolute Gasteiger partial charge is 0.0667 e. The lowest BCUT2D eigenvalue weighted by molar-refractivity contribution is 0.410. The van der Waals surface area contributed by atoms with Crippen LogP contribution in [0.2, 0.25) is 0 Å². The van der Waals surface area contributed by atoms with Gasteiger partial charge in [-0.05, 0) is 48.8 Å². The lowest BCUT2D eigenvalue weighted by atomic mass is 10.0. The van der Waals surface area contributed by atoms with E-state index >= 15 is 0 Å². The molecule has 2 aliphatic rings. The van der Waals surface area contributed by atoms with Gasteiger partial charge in [0.25, 0.3) is 0 Å². The highest BCUT2D eigenvalue weighted by molar-refractivity contribution is 5.34. The van der Waals surface area contributed by atoms with Crippen LogP contribution in [-0.4, -0.2) is 9.78 Å². The molecular weight excluding hydrogens is 248 g/mol. The van der Waals surface area contributed by atoms with Crippen molar-refractivity contribution >= 4 is 0 Å². The van der Waals surface area contributed by atoms with E-state index < -0.39 is 0 Å². The van der Waals surface area contributed by atoms with E-state index in [9.17, 15) is 0 Å². The van der Waals surface area contributed by atoms with Crippen molar-refractivity contribution in [2.45, 2.75) is 25.3 Å². The van der Waals surface area contributed by atoms with Crippen LogP contribution in [0.1, 0.15) is 31.0 Å². The van der Waals surface area contributed by atoms with Gasteiger partial charge < -0.3 is 0 Å². The van der Waals surface area contributed by atoms with Gasteiger partial charge in [-0.25, -0.2) is 4.68 Å². The number of fused-ring (bicyclic) bond motifs is 1. The summed E-state index contributed by atoms with van der Waals surface area (Å²) < 4.78 is 2.01. The van der Waals surface area contributed by atoms with E-state index in [1.54, 1.807) is 0 Å². The molecule has 3 N–H and O–H groups in total. The summed E-state index contributed by atoms with van der Waals surface area (Å²) in [6.45, 7) is 0. The van der Waals surface area contributed by atoms with Gasteiger partial charge in [0.2, 0.25) is 0 Å². The van der Waals surface area contributed by atoms with Gasteiger partial charge in [0, 0.05) is 6.20 Å². The SMILES string of the molecule is NNC(c1ccnn1-c1ccccc1)C1C2CCCC21. The van der Waals surface area contributed by atoms with Gasteiger partial charge in [-0.15, -0.1) is 0 Å². The second-order valence-corrected chi connectivity index (χ2v) is 5.98. The molecular formula is C16H20N4. The van der Waals surface area contributed by atoms with E-state index in [0.29, 0.717) is 5.92 Å². The maximum absolute atomic E-state index is 5.86. The Morgan fingerprint density at radius 3 is 2.60 bits per heavy atom. The number of benzene rings is 1. The summed E-state index contributed by atoms with van der Waals surface area (Å²) >= 11 is 0. The molecule has 3 atom stereocenters. The molecule has 1 heterocycles. The van der Waals surface area contributed by atoms with Crippen molar-refractivity contribution in [1.82, 2.24) is 15.2 Å². The highest BCUT2D eigenvalue weighted by Crippen LogP contribution is 2.62. The Bertz CT molecular complexity index is 582. The molecule has 1 aromatic carbocycles. The Kier molecular flexibility index (Phi) is 2.86. The number of rotatable bonds is 4. The van der Waals surface area contributed by atoms with E-state index in [0.717, 1.165) is 17.5 Å². The summed E-state index contributed by atoms with van der Waals surface area (Å²) in [5.41, 5.74) is 5.32. The van der Waals surface area contributed by atoms with Gasteiger partial charge in [0.1, 0.15) is 0 Å². The van der Waals surface area contributed by atoms with Crippen LogP contribution >= 0.6 is 0 Å². The van der Waals surface area contributed by atoms with Crippen LogP contribution in [0, 0.1) is 17.8 Å². The fourth-order valence-corrected chi connectivity index (χ4v) is 4.10. The topological polar surface area (TPSA) is 55.9 Å². The molecule has 0 aliphatic heterocycles. The molecule has 4 heteroatoms. The van der Waals surface area contributed by atoms with Crippen molar-refractivity contribution < 1.29 is 0 Å². The number of hydrogen-bond acceptors (Lipinski definition) is 3. The van der Waals surface area contributed by atoms with Gasteiger partial charge >= 0.3 is 0 Å². The Balaban J connectivity index is 1.67. The van der Waals surface area contributed by atoms with Crippen LogP contribution in [0.3, 0.4) is 0 Å². The van der Waals surface area contributed by atoms with Crippen molar-refractivity contribution in [2.24, 2.45) is 23.6 Å². The Labute approximate surface area is 118 Å². The second kappa shape index (κ2) is 4.72. The van der Waals surface area contributed by atoms with Crippen LogP contribution in [0.25, 0.3) is 5.69 Å². The Hall–Kier alpha value is -1.65. The van der Waals surface area contributed by atoms with Crippen molar-refractivity contribution in [1.29, 1.82) is 0 Å². The first-order chi connectivity index (χ1) is 9.90. The molecule has 104 valence electrons. The van der Waals surface area contributed by atoms with Gasteiger partial charge in [-0.1, -0.05) is 24.6 Å². The van der Waals surface area contributed by atoms with E-state index in [-0.39, 0.29) is 6.04 Å². The quantitative estimate of drug-likeness (QED) is 0.661. The van der Waals surface area contributed by atoms with E-state index in [2.05, 4.69) is 28.7 Å². The summed E-state index contributed by atoms with van der Waals surface area (Å²) in [4.78, 5) is 0. The predicted molar refractivity (Wildman–Crippen MR) is 77.9 cm³/mol. The third kappa shape index (κ3) is 1.79. The normalized spacial score (nSPS) is 29.1. The zero-order valence-corrected chi connectivity index (χ0v) is 11.4. The van der Waals surface area contributed by atoms with Crippen LogP contribution in [-0.2, 0) is 0 Å². The summed E-state index contributed by atoms with van der Waals surface area (Å²) in [5.74, 6) is 8.29. The average molecular weight is 268 g/mol. The zero-order chi connectivity index (χ0) is 13.5. The number of nitrogens with one attached hydrogen (secondary N) is 1. The number of nitrogens with zero attached hydrogens (tertiary/aromatic N) is 2. The molecule has 4 rings (SSSR count). The van der Waals surface area contributed by atoms with E-state index in [4.69, 9.17) is 5.84 Å². The second-order valence-electron chi connectivity index (χ2n) is 5.98. The molecule has 3 unspecified atom stereocenters. The van der Waals surface area contributed by atoms with Gasteiger partial charge in [0.15, 0.2) is 0 Å². The van der Waals surface area contributed by atoms with E-state index in [1.165, 1.54) is 25.0 Å². The molecule has 2 fully saturated rings. The molecule has 20 heavy (non-hydrogen) atoms. The summed E-state index contributed by atoms with van der Waals surface area (Å²) in [5, 5.41) is 4.48. The molecule has 2 aliphatic carbocycles. The number of hydrogen-bond donors (Lipinski definition) is 2. The Morgan fingerprint density at radius 2 is 1.90 bits per heavy atom. The van der Waals surface area contributed by atoms with Crippen molar-refractivity contribution in [3.8, 4) is 5.69 Å². The van der Waals surface area contributed by atoms with Crippen molar-refractivity contribution in [2.75, 3.05) is 0 Å². The summed E-state index contributed by atoms with van der Waals surface area (Å²) in [6, 6.07) is 12.6. The highest BCUT2D eigenvalue weighted by atomic mass is 15.3. The molecule has 1 aromatic heterocycles. The summed E-state index contributed by atoms with van der Waals surface area (Å²) in [6.07, 6.45) is 5.99. The third-order valence-electron chi connectivity index (χ3n) is 5.03. The average Bonchev–Trinajstić information content (AvgIpc) is 2.91. The largest absolute Gasteiger partial charge is 0.271 e. The van der Waals surface area contributed by atoms with Crippen molar-refractivity contribution in [3.05, 3.63) is 48.3 Å². The molecule has 2 saturated carbocycles. The molecule has 2 aromatic rings. The first kappa shape index (κ1) is 12.1. The minimum absolute atomic E-state index is 0.216. The number of nitrogens with two attached hydrogens (primary N) is 1. The fraction of sp³-hybridized carbons (Fsp3) is 0.438. The predicted octanol–water partition coefficient (Wildman–Crippen LogP) is 2.42. The molecule has 4 nitrogen and oxygen atoms in total. The van der Waals surface area contributed by atoms with Crippen LogP contribution in [0.5, 0.6) is 0 Å². The number of hydrazine groups is 1. The molecule has 0 spiro atoms.